The van der Waals surface area contributed by atoms with E-state index in [0.29, 0.717) is 5.75 Å². The summed E-state index contributed by atoms with van der Waals surface area (Å²) in [5, 5.41) is 9.37. The number of amides is 1. The SMILES string of the molecule is CC(NS(=O)(=O)c1ccc(Oc2cccc(Cl)c2C#N)cc1)C(N)=O. The molecule has 9 heteroatoms. The van der Waals surface area contributed by atoms with Crippen molar-refractivity contribution in [3.05, 3.63) is 53.1 Å². The highest BCUT2D eigenvalue weighted by Gasteiger charge is 2.20. The maximum Gasteiger partial charge on any atom is 0.241 e. The van der Waals surface area contributed by atoms with E-state index in [-0.39, 0.29) is 21.2 Å². The molecule has 1 atom stereocenters. The van der Waals surface area contributed by atoms with Crippen molar-refractivity contribution in [2.75, 3.05) is 0 Å². The Bertz CT molecular complexity index is 937. The van der Waals surface area contributed by atoms with E-state index in [1.807, 2.05) is 6.07 Å². The number of rotatable bonds is 6. The van der Waals surface area contributed by atoms with Gasteiger partial charge in [0.2, 0.25) is 15.9 Å². The van der Waals surface area contributed by atoms with Gasteiger partial charge in [0.1, 0.15) is 23.1 Å². The molecule has 0 heterocycles. The van der Waals surface area contributed by atoms with E-state index >= 15 is 0 Å². The van der Waals surface area contributed by atoms with E-state index in [1.165, 1.54) is 31.2 Å². The molecule has 3 N–H and O–H groups in total. The van der Waals surface area contributed by atoms with Crippen molar-refractivity contribution in [2.45, 2.75) is 17.9 Å². The molecule has 0 fully saturated rings. The fourth-order valence-corrected chi connectivity index (χ4v) is 3.29. The van der Waals surface area contributed by atoms with Gasteiger partial charge in [-0.05, 0) is 43.3 Å². The number of carbonyl (C=O) groups excluding carboxylic acids is 1. The molecule has 0 aliphatic rings. The Morgan fingerprint density at radius 1 is 1.28 bits per heavy atom. The smallest absolute Gasteiger partial charge is 0.241 e. The predicted molar refractivity (Wildman–Crippen MR) is 91.7 cm³/mol. The summed E-state index contributed by atoms with van der Waals surface area (Å²) >= 11 is 5.93. The number of sulfonamides is 1. The molecule has 1 unspecified atom stereocenters. The number of nitriles is 1. The third-order valence-electron chi connectivity index (χ3n) is 3.21. The zero-order valence-electron chi connectivity index (χ0n) is 13.1. The molecule has 7 nitrogen and oxygen atoms in total. The van der Waals surface area contributed by atoms with Crippen LogP contribution in [-0.2, 0) is 14.8 Å². The average Bonchev–Trinajstić information content (AvgIpc) is 2.55. The van der Waals surface area contributed by atoms with E-state index in [2.05, 4.69) is 4.72 Å². The van der Waals surface area contributed by atoms with E-state index in [9.17, 15) is 13.2 Å². The van der Waals surface area contributed by atoms with Crippen LogP contribution in [0.2, 0.25) is 5.02 Å². The number of nitrogens with one attached hydrogen (secondary N) is 1. The lowest BCUT2D eigenvalue weighted by Crippen LogP contribution is -2.42. The first kappa shape index (κ1) is 18.7. The van der Waals surface area contributed by atoms with Crippen LogP contribution in [0.3, 0.4) is 0 Å². The molecule has 0 saturated carbocycles. The Hall–Kier alpha value is -2.60. The standard InChI is InChI=1S/C16H14ClN3O4S/c1-10(16(19)21)20-25(22,23)12-7-5-11(6-8-12)24-15-4-2-3-14(17)13(15)9-18/h2-8,10,20H,1H3,(H2,19,21). The first-order valence-electron chi connectivity index (χ1n) is 7.03. The summed E-state index contributed by atoms with van der Waals surface area (Å²) in [7, 11) is -3.89. The van der Waals surface area contributed by atoms with Crippen molar-refractivity contribution >= 4 is 27.5 Å². The Morgan fingerprint density at radius 3 is 2.48 bits per heavy atom. The second-order valence-corrected chi connectivity index (χ2v) is 7.16. The van der Waals surface area contributed by atoms with Crippen molar-refractivity contribution in [3.63, 3.8) is 0 Å². The van der Waals surface area contributed by atoms with Gasteiger partial charge in [0, 0.05) is 0 Å². The summed E-state index contributed by atoms with van der Waals surface area (Å²) in [6.45, 7) is 1.35. The fourth-order valence-electron chi connectivity index (χ4n) is 1.87. The molecule has 1 amide bonds. The second-order valence-electron chi connectivity index (χ2n) is 5.04. The lowest BCUT2D eigenvalue weighted by atomic mass is 10.2. The number of benzene rings is 2. The monoisotopic (exact) mass is 379 g/mol. The first-order valence-corrected chi connectivity index (χ1v) is 8.89. The molecule has 25 heavy (non-hydrogen) atoms. The number of hydrogen-bond donors (Lipinski definition) is 2. The molecule has 130 valence electrons. The van der Waals surface area contributed by atoms with Gasteiger partial charge in [0.15, 0.2) is 0 Å². The molecule has 0 aliphatic carbocycles. The van der Waals surface area contributed by atoms with Crippen LogP contribution in [0.5, 0.6) is 11.5 Å². The van der Waals surface area contributed by atoms with Gasteiger partial charge in [0.25, 0.3) is 0 Å². The summed E-state index contributed by atoms with van der Waals surface area (Å²) in [5.74, 6) is -0.208. The minimum Gasteiger partial charge on any atom is -0.456 e. The van der Waals surface area contributed by atoms with Crippen LogP contribution in [-0.4, -0.2) is 20.4 Å². The van der Waals surface area contributed by atoms with Gasteiger partial charge in [-0.25, -0.2) is 8.42 Å². The van der Waals surface area contributed by atoms with Gasteiger partial charge in [-0.1, -0.05) is 17.7 Å². The van der Waals surface area contributed by atoms with Crippen LogP contribution in [0, 0.1) is 11.3 Å². The zero-order chi connectivity index (χ0) is 18.6. The Labute approximate surface area is 150 Å². The highest BCUT2D eigenvalue weighted by Crippen LogP contribution is 2.30. The number of primary amides is 1. The number of nitrogens with zero attached hydrogens (tertiary/aromatic N) is 1. The van der Waals surface area contributed by atoms with Crippen molar-refractivity contribution in [1.82, 2.24) is 4.72 Å². The minimum atomic E-state index is -3.89. The Kier molecular flexibility index (Phi) is 5.64. The number of halogens is 1. The lowest BCUT2D eigenvalue weighted by Gasteiger charge is -2.12. The van der Waals surface area contributed by atoms with Crippen molar-refractivity contribution in [2.24, 2.45) is 5.73 Å². The topological polar surface area (TPSA) is 122 Å². The largest absolute Gasteiger partial charge is 0.456 e. The zero-order valence-corrected chi connectivity index (χ0v) is 14.6. The number of ether oxygens (including phenoxy) is 1. The highest BCUT2D eigenvalue weighted by atomic mass is 35.5. The molecular weight excluding hydrogens is 366 g/mol. The summed E-state index contributed by atoms with van der Waals surface area (Å²) in [5.41, 5.74) is 5.23. The number of carbonyl (C=O) groups is 1. The molecule has 0 aliphatic heterocycles. The number of hydrogen-bond acceptors (Lipinski definition) is 5. The minimum absolute atomic E-state index is 0.0560. The predicted octanol–water partition coefficient (Wildman–Crippen LogP) is 2.16. The maximum atomic E-state index is 12.1. The highest BCUT2D eigenvalue weighted by molar-refractivity contribution is 7.89. The molecule has 2 aromatic carbocycles. The summed E-state index contributed by atoms with van der Waals surface area (Å²) in [6, 6.07) is 11.1. The van der Waals surface area contributed by atoms with Gasteiger partial charge in [0.05, 0.1) is 16.0 Å². The fraction of sp³-hybridized carbons (Fsp3) is 0.125. The van der Waals surface area contributed by atoms with Crippen LogP contribution in [0.25, 0.3) is 0 Å². The van der Waals surface area contributed by atoms with Crippen molar-refractivity contribution < 1.29 is 17.9 Å². The van der Waals surface area contributed by atoms with Gasteiger partial charge in [-0.2, -0.15) is 9.98 Å². The van der Waals surface area contributed by atoms with Crippen molar-refractivity contribution in [3.8, 4) is 17.6 Å². The Morgan fingerprint density at radius 2 is 1.92 bits per heavy atom. The van der Waals surface area contributed by atoms with Crippen LogP contribution >= 0.6 is 11.6 Å². The quantitative estimate of drug-likeness (QED) is 0.796. The molecule has 2 aromatic rings. The van der Waals surface area contributed by atoms with E-state index in [4.69, 9.17) is 27.3 Å². The van der Waals surface area contributed by atoms with E-state index in [0.717, 1.165) is 0 Å². The second kappa shape index (κ2) is 7.53. The third-order valence-corrected chi connectivity index (χ3v) is 5.08. The molecule has 0 aromatic heterocycles. The maximum absolute atomic E-state index is 12.1. The first-order chi connectivity index (χ1) is 11.7. The lowest BCUT2D eigenvalue weighted by molar-refractivity contribution is -0.119. The van der Waals surface area contributed by atoms with Crippen LogP contribution < -0.4 is 15.2 Å². The molecule has 2 rings (SSSR count). The molecule has 0 spiro atoms. The van der Waals surface area contributed by atoms with Gasteiger partial charge in [-0.3, -0.25) is 4.79 Å². The number of nitrogens with two attached hydrogens (primary N) is 1. The van der Waals surface area contributed by atoms with Gasteiger partial charge < -0.3 is 10.5 Å². The van der Waals surface area contributed by atoms with Crippen LogP contribution in [0.1, 0.15) is 12.5 Å². The summed E-state index contributed by atoms with van der Waals surface area (Å²) in [6.07, 6.45) is 0. The van der Waals surface area contributed by atoms with E-state index < -0.39 is 22.0 Å². The normalized spacial score (nSPS) is 12.2. The van der Waals surface area contributed by atoms with Crippen LogP contribution in [0.4, 0.5) is 0 Å². The summed E-state index contributed by atoms with van der Waals surface area (Å²) < 4.78 is 32.0. The van der Waals surface area contributed by atoms with Crippen LogP contribution in [0.15, 0.2) is 47.4 Å². The molecule has 0 radical (unpaired) electrons. The molecular formula is C16H14ClN3O4S. The van der Waals surface area contributed by atoms with E-state index in [1.54, 1.807) is 18.2 Å². The summed E-state index contributed by atoms with van der Waals surface area (Å²) in [4.78, 5) is 10.9. The van der Waals surface area contributed by atoms with Gasteiger partial charge in [-0.15, -0.1) is 0 Å². The average molecular weight is 380 g/mol. The molecule has 0 saturated heterocycles. The van der Waals surface area contributed by atoms with Crippen molar-refractivity contribution in [1.29, 1.82) is 5.26 Å². The van der Waals surface area contributed by atoms with Gasteiger partial charge >= 0.3 is 0 Å². The third kappa shape index (κ3) is 4.48. The molecule has 0 bridgehead atoms. The Balaban J connectivity index is 2.22.